The van der Waals surface area contributed by atoms with Crippen molar-refractivity contribution in [2.24, 2.45) is 5.41 Å². The summed E-state index contributed by atoms with van der Waals surface area (Å²) in [5.74, 6) is -0.342. The van der Waals surface area contributed by atoms with Crippen LogP contribution < -0.4 is 5.32 Å². The zero-order valence-electron chi connectivity index (χ0n) is 10.6. The van der Waals surface area contributed by atoms with Crippen LogP contribution in [-0.2, 0) is 17.5 Å². The Balaban J connectivity index is 1.95. The van der Waals surface area contributed by atoms with E-state index >= 15 is 0 Å². The Morgan fingerprint density at radius 2 is 1.90 bits per heavy atom. The molecule has 2 rings (SSSR count). The summed E-state index contributed by atoms with van der Waals surface area (Å²) in [7, 11) is 0. The van der Waals surface area contributed by atoms with E-state index in [4.69, 9.17) is 5.26 Å². The van der Waals surface area contributed by atoms with Crippen LogP contribution in [0.1, 0.15) is 30.4 Å². The molecule has 1 amide bonds. The molecule has 1 aliphatic carbocycles. The number of nitriles is 1. The van der Waals surface area contributed by atoms with Crippen LogP contribution >= 0.6 is 0 Å². The molecule has 1 fully saturated rings. The normalized spacial score (nSPS) is 16.9. The molecule has 106 valence electrons. The maximum absolute atomic E-state index is 12.4. The molecule has 1 N–H and O–H groups in total. The molecule has 1 aromatic carbocycles. The molecule has 1 aromatic rings. The Bertz CT molecular complexity index is 539. The molecule has 0 saturated heterocycles. The molecule has 0 radical (unpaired) electrons. The Hall–Kier alpha value is -2.03. The molecule has 0 aliphatic heterocycles. The third-order valence-corrected chi connectivity index (χ3v) is 3.59. The summed E-state index contributed by atoms with van der Waals surface area (Å²) >= 11 is 0. The number of carbonyl (C=O) groups is 1. The zero-order chi connectivity index (χ0) is 14.8. The fraction of sp³-hybridized carbons (Fsp3) is 0.429. The van der Waals surface area contributed by atoms with Gasteiger partial charge in [-0.3, -0.25) is 4.79 Å². The average Bonchev–Trinajstić information content (AvgIpc) is 2.35. The monoisotopic (exact) mass is 282 g/mol. The Labute approximate surface area is 114 Å². The second kappa shape index (κ2) is 5.16. The van der Waals surface area contributed by atoms with Crippen LogP contribution in [0.2, 0.25) is 0 Å². The summed E-state index contributed by atoms with van der Waals surface area (Å²) in [5.41, 5.74) is -1.09. The molecule has 0 unspecified atom stereocenters. The fourth-order valence-electron chi connectivity index (χ4n) is 2.08. The van der Waals surface area contributed by atoms with Crippen molar-refractivity contribution in [1.29, 1.82) is 5.26 Å². The van der Waals surface area contributed by atoms with Gasteiger partial charge in [-0.05, 0) is 37.0 Å². The third-order valence-electron chi connectivity index (χ3n) is 3.59. The number of benzene rings is 1. The summed E-state index contributed by atoms with van der Waals surface area (Å²) < 4.78 is 37.1. The van der Waals surface area contributed by atoms with E-state index in [-0.39, 0.29) is 12.5 Å². The summed E-state index contributed by atoms with van der Waals surface area (Å²) in [6, 6.07) is 6.62. The van der Waals surface area contributed by atoms with Crippen LogP contribution in [0.15, 0.2) is 24.3 Å². The van der Waals surface area contributed by atoms with E-state index in [1.54, 1.807) is 0 Å². The van der Waals surface area contributed by atoms with E-state index in [0.717, 1.165) is 18.6 Å². The molecular weight excluding hydrogens is 269 g/mol. The molecule has 0 spiro atoms. The van der Waals surface area contributed by atoms with Gasteiger partial charge in [0, 0.05) is 6.54 Å². The fourth-order valence-corrected chi connectivity index (χ4v) is 2.08. The number of carbonyl (C=O) groups excluding carboxylic acids is 1. The minimum atomic E-state index is -4.36. The van der Waals surface area contributed by atoms with Gasteiger partial charge in [0.2, 0.25) is 5.91 Å². The highest BCUT2D eigenvalue weighted by molar-refractivity contribution is 5.86. The van der Waals surface area contributed by atoms with Gasteiger partial charge in [-0.1, -0.05) is 12.1 Å². The van der Waals surface area contributed by atoms with Crippen LogP contribution in [0.25, 0.3) is 0 Å². The van der Waals surface area contributed by atoms with Crippen LogP contribution in [-0.4, -0.2) is 5.91 Å². The van der Waals surface area contributed by atoms with E-state index in [1.807, 2.05) is 6.07 Å². The van der Waals surface area contributed by atoms with Crippen molar-refractivity contribution >= 4 is 5.91 Å². The van der Waals surface area contributed by atoms with Crippen LogP contribution in [0.3, 0.4) is 0 Å². The van der Waals surface area contributed by atoms with Gasteiger partial charge >= 0.3 is 6.18 Å². The van der Waals surface area contributed by atoms with Gasteiger partial charge in [0.1, 0.15) is 5.41 Å². The van der Waals surface area contributed by atoms with Gasteiger partial charge in [-0.25, -0.2) is 0 Å². The molecule has 0 bridgehead atoms. The molecule has 0 heterocycles. The first kappa shape index (κ1) is 14.4. The molecule has 3 nitrogen and oxygen atoms in total. The van der Waals surface area contributed by atoms with Crippen LogP contribution in [0.4, 0.5) is 13.2 Å². The SMILES string of the molecule is N#CC1(C(=O)NCc2ccc(C(F)(F)F)cc2)CCC1. The highest BCUT2D eigenvalue weighted by Crippen LogP contribution is 2.40. The van der Waals surface area contributed by atoms with Gasteiger partial charge in [0.15, 0.2) is 0 Å². The standard InChI is InChI=1S/C14H13F3N2O/c15-14(16,17)11-4-2-10(3-5-11)8-19-12(20)13(9-18)6-1-7-13/h2-5H,1,6-8H2,(H,19,20). The maximum Gasteiger partial charge on any atom is 0.416 e. The number of alkyl halides is 3. The first-order chi connectivity index (χ1) is 9.37. The Kier molecular flexibility index (Phi) is 3.71. The number of halogens is 3. The van der Waals surface area contributed by atoms with Crippen molar-refractivity contribution in [2.75, 3.05) is 0 Å². The molecule has 0 aromatic heterocycles. The summed E-state index contributed by atoms with van der Waals surface area (Å²) in [5, 5.41) is 11.6. The van der Waals surface area contributed by atoms with E-state index in [2.05, 4.69) is 5.32 Å². The number of nitrogens with one attached hydrogen (secondary N) is 1. The zero-order valence-corrected chi connectivity index (χ0v) is 10.6. The molecular formula is C14H13F3N2O. The first-order valence-corrected chi connectivity index (χ1v) is 6.23. The van der Waals surface area contributed by atoms with E-state index < -0.39 is 17.2 Å². The lowest BCUT2D eigenvalue weighted by molar-refractivity contribution is -0.137. The first-order valence-electron chi connectivity index (χ1n) is 6.23. The van der Waals surface area contributed by atoms with E-state index in [9.17, 15) is 18.0 Å². The highest BCUT2D eigenvalue weighted by Gasteiger charge is 2.44. The van der Waals surface area contributed by atoms with Gasteiger partial charge < -0.3 is 5.32 Å². The largest absolute Gasteiger partial charge is 0.416 e. The van der Waals surface area contributed by atoms with E-state index in [1.165, 1.54) is 12.1 Å². The van der Waals surface area contributed by atoms with Crippen molar-refractivity contribution in [3.8, 4) is 6.07 Å². The number of amides is 1. The maximum atomic E-state index is 12.4. The summed E-state index contributed by atoms with van der Waals surface area (Å²) in [6.45, 7) is 0.125. The molecule has 20 heavy (non-hydrogen) atoms. The van der Waals surface area contributed by atoms with Gasteiger partial charge in [-0.15, -0.1) is 0 Å². The van der Waals surface area contributed by atoms with Crippen molar-refractivity contribution in [1.82, 2.24) is 5.32 Å². The number of hydrogen-bond donors (Lipinski definition) is 1. The minimum absolute atomic E-state index is 0.125. The predicted octanol–water partition coefficient (Wildman–Crippen LogP) is 3.02. The van der Waals surface area contributed by atoms with Crippen molar-refractivity contribution in [2.45, 2.75) is 32.0 Å². The smallest absolute Gasteiger partial charge is 0.351 e. The predicted molar refractivity (Wildman–Crippen MR) is 65.2 cm³/mol. The minimum Gasteiger partial charge on any atom is -0.351 e. The van der Waals surface area contributed by atoms with Gasteiger partial charge in [-0.2, -0.15) is 18.4 Å². The summed E-state index contributed by atoms with van der Waals surface area (Å²) in [6.07, 6.45) is -2.43. The molecule has 0 atom stereocenters. The average molecular weight is 282 g/mol. The summed E-state index contributed by atoms with van der Waals surface area (Å²) in [4.78, 5) is 11.9. The lowest BCUT2D eigenvalue weighted by Crippen LogP contribution is -2.44. The van der Waals surface area contributed by atoms with Gasteiger partial charge in [0.25, 0.3) is 0 Å². The molecule has 1 aliphatic rings. The Morgan fingerprint density at radius 1 is 1.30 bits per heavy atom. The van der Waals surface area contributed by atoms with Crippen molar-refractivity contribution in [3.05, 3.63) is 35.4 Å². The molecule has 1 saturated carbocycles. The quantitative estimate of drug-likeness (QED) is 0.926. The van der Waals surface area contributed by atoms with Crippen molar-refractivity contribution in [3.63, 3.8) is 0 Å². The number of nitrogens with zero attached hydrogens (tertiary/aromatic N) is 1. The van der Waals surface area contributed by atoms with E-state index in [0.29, 0.717) is 18.4 Å². The highest BCUT2D eigenvalue weighted by atomic mass is 19.4. The second-order valence-corrected chi connectivity index (χ2v) is 4.92. The topological polar surface area (TPSA) is 52.9 Å². The lowest BCUT2D eigenvalue weighted by Gasteiger charge is -2.33. The van der Waals surface area contributed by atoms with Gasteiger partial charge in [0.05, 0.1) is 11.6 Å². The van der Waals surface area contributed by atoms with Crippen molar-refractivity contribution < 1.29 is 18.0 Å². The lowest BCUT2D eigenvalue weighted by atomic mass is 9.69. The molecule has 6 heteroatoms. The van der Waals surface area contributed by atoms with Crippen LogP contribution in [0, 0.1) is 16.7 Å². The Morgan fingerprint density at radius 3 is 2.30 bits per heavy atom. The second-order valence-electron chi connectivity index (χ2n) is 4.92. The number of rotatable bonds is 3. The third kappa shape index (κ3) is 2.77. The van der Waals surface area contributed by atoms with Crippen LogP contribution in [0.5, 0.6) is 0 Å². The number of hydrogen-bond acceptors (Lipinski definition) is 2.